The summed E-state index contributed by atoms with van der Waals surface area (Å²) in [4.78, 5) is 23.0. The summed E-state index contributed by atoms with van der Waals surface area (Å²) < 4.78 is 18.7. The quantitative estimate of drug-likeness (QED) is 0.903. The van der Waals surface area contributed by atoms with Crippen molar-refractivity contribution in [3.05, 3.63) is 58.4 Å². The molecule has 0 saturated heterocycles. The van der Waals surface area contributed by atoms with Gasteiger partial charge in [-0.1, -0.05) is 17.7 Å². The molecule has 5 nitrogen and oxygen atoms in total. The number of anilines is 1. The van der Waals surface area contributed by atoms with Gasteiger partial charge >= 0.3 is 5.97 Å². The minimum absolute atomic E-state index is 0.00114. The first-order valence-electron chi connectivity index (χ1n) is 6.10. The monoisotopic (exact) mass is 323 g/mol. The van der Waals surface area contributed by atoms with E-state index >= 15 is 0 Å². The van der Waals surface area contributed by atoms with Crippen LogP contribution in [0.3, 0.4) is 0 Å². The van der Waals surface area contributed by atoms with Crippen molar-refractivity contribution in [2.75, 3.05) is 12.4 Å². The molecule has 2 aromatic rings. The number of amides is 1. The molecule has 0 unspecified atom stereocenters. The standard InChI is InChI=1S/C15H11ClFNO4/c1-22-12-7-8(15(20)21)5-6-11(12)18-14(19)13-9(16)3-2-4-10(13)17/h2-7H,1H3,(H,18,19)(H,20,21). The maximum Gasteiger partial charge on any atom is 0.335 e. The molecule has 7 heteroatoms. The number of rotatable bonds is 4. The summed E-state index contributed by atoms with van der Waals surface area (Å²) in [5, 5.41) is 11.3. The normalized spacial score (nSPS) is 10.1. The van der Waals surface area contributed by atoms with E-state index in [9.17, 15) is 14.0 Å². The Morgan fingerprint density at radius 2 is 2.00 bits per heavy atom. The molecule has 0 spiro atoms. The van der Waals surface area contributed by atoms with Crippen molar-refractivity contribution >= 4 is 29.2 Å². The Hall–Kier alpha value is -2.60. The number of carbonyl (C=O) groups excluding carboxylic acids is 1. The van der Waals surface area contributed by atoms with Gasteiger partial charge in [0.1, 0.15) is 11.6 Å². The smallest absolute Gasteiger partial charge is 0.335 e. The molecule has 114 valence electrons. The van der Waals surface area contributed by atoms with Gasteiger partial charge in [0.15, 0.2) is 0 Å². The zero-order valence-corrected chi connectivity index (χ0v) is 12.1. The van der Waals surface area contributed by atoms with Gasteiger partial charge in [-0.25, -0.2) is 9.18 Å². The number of aromatic carboxylic acids is 1. The Kier molecular flexibility index (Phi) is 4.62. The highest BCUT2D eigenvalue weighted by Gasteiger charge is 2.18. The summed E-state index contributed by atoms with van der Waals surface area (Å²) in [6.45, 7) is 0. The van der Waals surface area contributed by atoms with Crippen LogP contribution < -0.4 is 10.1 Å². The van der Waals surface area contributed by atoms with E-state index in [2.05, 4.69) is 5.32 Å². The highest BCUT2D eigenvalue weighted by molar-refractivity contribution is 6.34. The van der Waals surface area contributed by atoms with Crippen molar-refractivity contribution in [3.63, 3.8) is 0 Å². The van der Waals surface area contributed by atoms with E-state index in [1.54, 1.807) is 0 Å². The zero-order valence-electron chi connectivity index (χ0n) is 11.4. The summed E-state index contributed by atoms with van der Waals surface area (Å²) in [5.41, 5.74) is -0.0934. The van der Waals surface area contributed by atoms with Crippen molar-refractivity contribution in [1.29, 1.82) is 0 Å². The molecule has 0 saturated carbocycles. The van der Waals surface area contributed by atoms with Crippen molar-refractivity contribution in [2.45, 2.75) is 0 Å². The molecule has 0 aliphatic heterocycles. The third-order valence-corrected chi connectivity index (χ3v) is 3.20. The fourth-order valence-electron chi connectivity index (χ4n) is 1.83. The predicted octanol–water partition coefficient (Wildman–Crippen LogP) is 3.44. The van der Waals surface area contributed by atoms with Crippen molar-refractivity contribution in [1.82, 2.24) is 0 Å². The fraction of sp³-hybridized carbons (Fsp3) is 0.0667. The SMILES string of the molecule is COc1cc(C(=O)O)ccc1NC(=O)c1c(F)cccc1Cl. The molecule has 22 heavy (non-hydrogen) atoms. The van der Waals surface area contributed by atoms with Crippen LogP contribution in [0.1, 0.15) is 20.7 Å². The molecule has 2 N–H and O–H groups in total. The van der Waals surface area contributed by atoms with Crippen molar-refractivity contribution in [3.8, 4) is 5.75 Å². The lowest BCUT2D eigenvalue weighted by Crippen LogP contribution is -2.15. The number of benzene rings is 2. The third kappa shape index (κ3) is 3.17. The molecule has 0 aromatic heterocycles. The van der Waals surface area contributed by atoms with Crippen LogP contribution in [0.4, 0.5) is 10.1 Å². The van der Waals surface area contributed by atoms with E-state index in [1.165, 1.54) is 37.4 Å². The minimum Gasteiger partial charge on any atom is -0.495 e. The van der Waals surface area contributed by atoms with Gasteiger partial charge in [0.05, 0.1) is 28.9 Å². The average Bonchev–Trinajstić information content (AvgIpc) is 2.47. The molecule has 2 rings (SSSR count). The molecule has 0 fully saturated rings. The van der Waals surface area contributed by atoms with Crippen molar-refractivity contribution < 1.29 is 23.8 Å². The highest BCUT2D eigenvalue weighted by atomic mass is 35.5. The van der Waals surface area contributed by atoms with E-state index in [1.807, 2.05) is 0 Å². The summed E-state index contributed by atoms with van der Waals surface area (Å²) >= 11 is 5.82. The first-order chi connectivity index (χ1) is 10.4. The van der Waals surface area contributed by atoms with Gasteiger partial charge in [-0.15, -0.1) is 0 Å². The molecule has 1 amide bonds. The van der Waals surface area contributed by atoms with E-state index in [0.29, 0.717) is 0 Å². The lowest BCUT2D eigenvalue weighted by molar-refractivity contribution is 0.0696. The average molecular weight is 324 g/mol. The maximum absolute atomic E-state index is 13.7. The zero-order chi connectivity index (χ0) is 16.3. The second-order valence-corrected chi connectivity index (χ2v) is 4.68. The lowest BCUT2D eigenvalue weighted by Gasteiger charge is -2.12. The second-order valence-electron chi connectivity index (χ2n) is 4.27. The summed E-state index contributed by atoms with van der Waals surface area (Å²) in [5.74, 6) is -2.51. The molecule has 0 aliphatic carbocycles. The van der Waals surface area contributed by atoms with Crippen molar-refractivity contribution in [2.24, 2.45) is 0 Å². The topological polar surface area (TPSA) is 75.6 Å². The number of carbonyl (C=O) groups is 2. The van der Waals surface area contributed by atoms with E-state index in [4.69, 9.17) is 21.4 Å². The Labute approximate surface area is 130 Å². The summed E-state index contributed by atoms with van der Waals surface area (Å²) in [7, 11) is 1.33. The van der Waals surface area contributed by atoms with Crippen LogP contribution in [-0.4, -0.2) is 24.1 Å². The number of carboxylic acid groups (broad SMARTS) is 1. The largest absolute Gasteiger partial charge is 0.495 e. The van der Waals surface area contributed by atoms with Gasteiger partial charge in [0.25, 0.3) is 5.91 Å². The van der Waals surface area contributed by atoms with Gasteiger partial charge in [-0.2, -0.15) is 0 Å². The molecule has 0 atom stereocenters. The highest BCUT2D eigenvalue weighted by Crippen LogP contribution is 2.27. The van der Waals surface area contributed by atoms with Crippen LogP contribution in [0.5, 0.6) is 5.75 Å². The Morgan fingerprint density at radius 1 is 1.27 bits per heavy atom. The molecule has 0 heterocycles. The number of ether oxygens (including phenoxy) is 1. The lowest BCUT2D eigenvalue weighted by atomic mass is 10.1. The number of nitrogens with one attached hydrogen (secondary N) is 1. The van der Waals surface area contributed by atoms with Crippen LogP contribution in [0.15, 0.2) is 36.4 Å². The molecular weight excluding hydrogens is 313 g/mol. The van der Waals surface area contributed by atoms with Crippen LogP contribution in [0.25, 0.3) is 0 Å². The van der Waals surface area contributed by atoms with Gasteiger partial charge in [0.2, 0.25) is 0 Å². The van der Waals surface area contributed by atoms with E-state index in [0.717, 1.165) is 6.07 Å². The van der Waals surface area contributed by atoms with Gasteiger partial charge in [-0.05, 0) is 30.3 Å². The number of hydrogen-bond donors (Lipinski definition) is 2. The van der Waals surface area contributed by atoms with Crippen LogP contribution >= 0.6 is 11.6 Å². The Balaban J connectivity index is 2.34. The number of halogens is 2. The minimum atomic E-state index is -1.13. The first kappa shape index (κ1) is 15.8. The first-order valence-corrected chi connectivity index (χ1v) is 6.48. The number of carboxylic acids is 1. The fourth-order valence-corrected chi connectivity index (χ4v) is 2.08. The molecule has 2 aromatic carbocycles. The molecule has 0 aliphatic rings. The molecular formula is C15H11ClFNO4. The molecule has 0 bridgehead atoms. The van der Waals surface area contributed by atoms with Crippen LogP contribution in [0, 0.1) is 5.82 Å². The van der Waals surface area contributed by atoms with Gasteiger partial charge in [0, 0.05) is 0 Å². The summed E-state index contributed by atoms with van der Waals surface area (Å²) in [6.07, 6.45) is 0. The Bertz CT molecular complexity index is 728. The predicted molar refractivity (Wildman–Crippen MR) is 79.3 cm³/mol. The molecule has 0 radical (unpaired) electrons. The second kappa shape index (κ2) is 6.44. The third-order valence-electron chi connectivity index (χ3n) is 2.89. The van der Waals surface area contributed by atoms with E-state index < -0.39 is 17.7 Å². The Morgan fingerprint density at radius 3 is 2.59 bits per heavy atom. The number of hydrogen-bond acceptors (Lipinski definition) is 3. The van der Waals surface area contributed by atoms with Crippen LogP contribution in [0.2, 0.25) is 5.02 Å². The van der Waals surface area contributed by atoms with Crippen LogP contribution in [-0.2, 0) is 0 Å². The number of methoxy groups -OCH3 is 1. The van der Waals surface area contributed by atoms with E-state index in [-0.39, 0.29) is 27.6 Å². The van der Waals surface area contributed by atoms with Gasteiger partial charge in [-0.3, -0.25) is 4.79 Å². The summed E-state index contributed by atoms with van der Waals surface area (Å²) in [6, 6.07) is 7.80. The maximum atomic E-state index is 13.7. The van der Waals surface area contributed by atoms with Gasteiger partial charge < -0.3 is 15.2 Å².